The van der Waals surface area contributed by atoms with Gasteiger partial charge in [0.1, 0.15) is 17.2 Å². The molecule has 0 saturated carbocycles. The van der Waals surface area contributed by atoms with Crippen molar-refractivity contribution in [2.24, 2.45) is 0 Å². The molecular formula is C31H33FN2O4. The molecule has 3 aromatic carbocycles. The fourth-order valence-corrected chi connectivity index (χ4v) is 4.51. The summed E-state index contributed by atoms with van der Waals surface area (Å²) in [6, 6.07) is 18.5. The number of halogens is 1. The highest BCUT2D eigenvalue weighted by molar-refractivity contribution is 6.21. The van der Waals surface area contributed by atoms with Crippen LogP contribution in [0.15, 0.2) is 71.1 Å². The van der Waals surface area contributed by atoms with Crippen LogP contribution in [0.4, 0.5) is 10.1 Å². The van der Waals surface area contributed by atoms with Crippen LogP contribution in [0, 0.1) is 5.82 Å². The molecule has 0 aliphatic rings. The van der Waals surface area contributed by atoms with Crippen molar-refractivity contribution in [3.05, 3.63) is 89.2 Å². The Kier molecular flexibility index (Phi) is 8.92. The molecule has 2 amide bonds. The van der Waals surface area contributed by atoms with E-state index in [9.17, 15) is 19.1 Å². The number of aliphatic hydroxyl groups is 1. The van der Waals surface area contributed by atoms with Crippen LogP contribution in [0.25, 0.3) is 22.3 Å². The van der Waals surface area contributed by atoms with Crippen LogP contribution in [0.1, 0.15) is 58.9 Å². The molecule has 0 bridgehead atoms. The summed E-state index contributed by atoms with van der Waals surface area (Å²) in [7, 11) is 1.67. The molecule has 198 valence electrons. The molecule has 0 aliphatic carbocycles. The van der Waals surface area contributed by atoms with Crippen LogP contribution in [-0.4, -0.2) is 37.1 Å². The second-order valence-corrected chi connectivity index (χ2v) is 9.32. The lowest BCUT2D eigenvalue weighted by Gasteiger charge is -2.18. The Morgan fingerprint density at radius 2 is 1.74 bits per heavy atom. The number of carbonyl (C=O) groups excluding carboxylic acids is 2. The lowest BCUT2D eigenvalue weighted by molar-refractivity contribution is 0.0954. The Labute approximate surface area is 222 Å². The topological polar surface area (TPSA) is 82.8 Å². The number of amides is 2. The molecule has 0 radical (unpaired) electrons. The summed E-state index contributed by atoms with van der Waals surface area (Å²) in [5.41, 5.74) is 3.00. The zero-order chi connectivity index (χ0) is 27.1. The van der Waals surface area contributed by atoms with Crippen LogP contribution in [0.2, 0.25) is 0 Å². The van der Waals surface area contributed by atoms with Gasteiger partial charge in [0.05, 0.1) is 11.1 Å². The number of aliphatic hydroxyl groups excluding tert-OH is 1. The van der Waals surface area contributed by atoms with E-state index in [1.165, 1.54) is 17.0 Å². The first-order valence-electron chi connectivity index (χ1n) is 13.0. The number of carbonyl (C=O) groups is 2. The lowest BCUT2D eigenvalue weighted by Crippen LogP contribution is -2.28. The predicted molar refractivity (Wildman–Crippen MR) is 148 cm³/mol. The maximum absolute atomic E-state index is 14.0. The van der Waals surface area contributed by atoms with Gasteiger partial charge in [-0.05, 0) is 73.4 Å². The summed E-state index contributed by atoms with van der Waals surface area (Å²) in [6.45, 7) is 2.63. The second-order valence-electron chi connectivity index (χ2n) is 9.32. The van der Waals surface area contributed by atoms with Crippen molar-refractivity contribution in [3.63, 3.8) is 0 Å². The maximum Gasteiger partial charge on any atom is 0.262 e. The van der Waals surface area contributed by atoms with E-state index >= 15 is 0 Å². The van der Waals surface area contributed by atoms with Gasteiger partial charge in [0.15, 0.2) is 0 Å². The number of nitrogens with one attached hydrogen (secondary N) is 1. The molecule has 0 unspecified atom stereocenters. The third kappa shape index (κ3) is 5.94. The van der Waals surface area contributed by atoms with Gasteiger partial charge >= 0.3 is 0 Å². The SMILES string of the molecule is CCCCCNC(=O)c1cc(CCCO)cc2oc(-c3ccc(F)cc3)c(C(=O)N(C)c3ccccc3)c12. The lowest BCUT2D eigenvalue weighted by atomic mass is 9.97. The number of hydrogen-bond donors (Lipinski definition) is 2. The van der Waals surface area contributed by atoms with Gasteiger partial charge in [-0.15, -0.1) is 0 Å². The zero-order valence-corrected chi connectivity index (χ0v) is 21.8. The molecule has 6 nitrogen and oxygen atoms in total. The van der Waals surface area contributed by atoms with Crippen LogP contribution >= 0.6 is 0 Å². The number of hydrogen-bond acceptors (Lipinski definition) is 4. The molecule has 1 aromatic heterocycles. The van der Waals surface area contributed by atoms with Crippen molar-refractivity contribution in [2.45, 2.75) is 39.0 Å². The highest BCUT2D eigenvalue weighted by atomic mass is 19.1. The Bertz CT molecular complexity index is 1400. The predicted octanol–water partition coefficient (Wildman–Crippen LogP) is 6.36. The standard InChI is InChI=1S/C31H33FN2O4/c1-3-4-8-17-33-30(36)25-19-21(10-9-18-35)20-26-27(25)28(29(38-26)22-13-15-23(32)16-14-22)31(37)34(2)24-11-6-5-7-12-24/h5-7,11-16,19-20,35H,3-4,8-10,17-18H2,1-2H3,(H,33,36). The minimum Gasteiger partial charge on any atom is -0.455 e. The van der Waals surface area contributed by atoms with Crippen molar-refractivity contribution >= 4 is 28.5 Å². The highest BCUT2D eigenvalue weighted by Gasteiger charge is 2.29. The van der Waals surface area contributed by atoms with Crippen LogP contribution in [0.3, 0.4) is 0 Å². The molecule has 7 heteroatoms. The molecule has 0 spiro atoms. The molecular weight excluding hydrogens is 483 g/mol. The summed E-state index contributed by atoms with van der Waals surface area (Å²) >= 11 is 0. The Hall–Kier alpha value is -3.97. The van der Waals surface area contributed by atoms with Gasteiger partial charge < -0.3 is 19.7 Å². The molecule has 0 fully saturated rings. The molecule has 1 heterocycles. The summed E-state index contributed by atoms with van der Waals surface area (Å²) in [5.74, 6) is -0.776. The zero-order valence-electron chi connectivity index (χ0n) is 21.8. The number of aryl methyl sites for hydroxylation is 1. The fourth-order valence-electron chi connectivity index (χ4n) is 4.51. The van der Waals surface area contributed by atoms with E-state index in [1.54, 1.807) is 25.2 Å². The maximum atomic E-state index is 14.0. The van der Waals surface area contributed by atoms with Gasteiger partial charge in [0.2, 0.25) is 0 Å². The first-order chi connectivity index (χ1) is 18.4. The van der Waals surface area contributed by atoms with E-state index in [-0.39, 0.29) is 29.7 Å². The Balaban J connectivity index is 1.92. The van der Waals surface area contributed by atoms with E-state index in [0.717, 1.165) is 24.8 Å². The van der Waals surface area contributed by atoms with Gasteiger partial charge in [-0.25, -0.2) is 4.39 Å². The van der Waals surface area contributed by atoms with Crippen LogP contribution in [-0.2, 0) is 6.42 Å². The number of furan rings is 1. The van der Waals surface area contributed by atoms with Gasteiger partial charge in [-0.1, -0.05) is 38.0 Å². The number of anilines is 1. The normalized spacial score (nSPS) is 11.1. The van der Waals surface area contributed by atoms with E-state index in [2.05, 4.69) is 12.2 Å². The molecule has 0 atom stereocenters. The van der Waals surface area contributed by atoms with Gasteiger partial charge in [-0.2, -0.15) is 0 Å². The van der Waals surface area contributed by atoms with Crippen molar-refractivity contribution < 1.29 is 23.5 Å². The largest absolute Gasteiger partial charge is 0.455 e. The summed E-state index contributed by atoms with van der Waals surface area (Å²) in [4.78, 5) is 29.0. The minimum absolute atomic E-state index is 0.0151. The second kappa shape index (κ2) is 12.5. The smallest absolute Gasteiger partial charge is 0.262 e. The number of fused-ring (bicyclic) bond motifs is 1. The van der Waals surface area contributed by atoms with E-state index in [4.69, 9.17) is 4.42 Å². The molecule has 0 saturated heterocycles. The quantitative estimate of drug-likeness (QED) is 0.227. The average molecular weight is 517 g/mol. The highest BCUT2D eigenvalue weighted by Crippen LogP contribution is 2.38. The van der Waals surface area contributed by atoms with E-state index < -0.39 is 5.82 Å². The number of nitrogens with zero attached hydrogens (tertiary/aromatic N) is 1. The number of para-hydroxylation sites is 1. The molecule has 2 N–H and O–H groups in total. The van der Waals surface area contributed by atoms with Crippen molar-refractivity contribution in [3.8, 4) is 11.3 Å². The van der Waals surface area contributed by atoms with Crippen LogP contribution < -0.4 is 10.2 Å². The first kappa shape index (κ1) is 27.1. The molecule has 4 rings (SSSR count). The van der Waals surface area contributed by atoms with Gasteiger partial charge in [0.25, 0.3) is 11.8 Å². The summed E-state index contributed by atoms with van der Waals surface area (Å²) in [6.07, 6.45) is 3.95. The van der Waals surface area contributed by atoms with Crippen molar-refractivity contribution in [2.75, 3.05) is 25.1 Å². The minimum atomic E-state index is -0.405. The number of benzene rings is 3. The monoisotopic (exact) mass is 516 g/mol. The summed E-state index contributed by atoms with van der Waals surface area (Å²) < 4.78 is 20.0. The van der Waals surface area contributed by atoms with Crippen LogP contribution in [0.5, 0.6) is 0 Å². The van der Waals surface area contributed by atoms with E-state index in [1.807, 2.05) is 36.4 Å². The third-order valence-electron chi connectivity index (χ3n) is 6.55. The third-order valence-corrected chi connectivity index (χ3v) is 6.55. The van der Waals surface area contributed by atoms with E-state index in [0.29, 0.717) is 47.2 Å². The fraction of sp³-hybridized carbons (Fsp3) is 0.290. The van der Waals surface area contributed by atoms with Gasteiger partial charge in [-0.3, -0.25) is 9.59 Å². The number of unbranched alkanes of at least 4 members (excludes halogenated alkanes) is 2. The molecule has 38 heavy (non-hydrogen) atoms. The van der Waals surface area contributed by atoms with Gasteiger partial charge in [0, 0.05) is 36.8 Å². The molecule has 0 aliphatic heterocycles. The van der Waals surface area contributed by atoms with Crippen molar-refractivity contribution in [1.82, 2.24) is 5.32 Å². The first-order valence-corrected chi connectivity index (χ1v) is 13.0. The van der Waals surface area contributed by atoms with Crippen molar-refractivity contribution in [1.29, 1.82) is 0 Å². The summed E-state index contributed by atoms with van der Waals surface area (Å²) in [5, 5.41) is 12.8. The Morgan fingerprint density at radius 3 is 2.42 bits per heavy atom. The number of rotatable bonds is 11. The average Bonchev–Trinajstić information content (AvgIpc) is 3.33. The Morgan fingerprint density at radius 1 is 1.00 bits per heavy atom. The molecule has 4 aromatic rings.